The van der Waals surface area contributed by atoms with Gasteiger partial charge in [0.15, 0.2) is 18.2 Å². The zero-order valence-corrected chi connectivity index (χ0v) is 18.4. The van der Waals surface area contributed by atoms with Crippen LogP contribution in [0.15, 0.2) is 48.5 Å². The minimum Gasteiger partial charge on any atom is -0.487 e. The lowest BCUT2D eigenvalue weighted by Crippen LogP contribution is -2.48. The van der Waals surface area contributed by atoms with E-state index in [0.717, 1.165) is 6.07 Å². The zero-order valence-electron chi connectivity index (χ0n) is 18.4. The summed E-state index contributed by atoms with van der Waals surface area (Å²) in [6.07, 6.45) is 2.24. The highest BCUT2D eigenvalue weighted by Crippen LogP contribution is 2.25. The van der Waals surface area contributed by atoms with Crippen LogP contribution in [0.25, 0.3) is 0 Å². The molecule has 0 aromatic heterocycles. The van der Waals surface area contributed by atoms with Crippen LogP contribution in [0.5, 0.6) is 11.5 Å². The lowest BCUT2D eigenvalue weighted by molar-refractivity contribution is -0.142. The van der Waals surface area contributed by atoms with Gasteiger partial charge in [0, 0.05) is 51.0 Å². The molecule has 2 aromatic rings. The fraction of sp³-hybridized carbons (Fsp3) is 0.440. The van der Waals surface area contributed by atoms with Gasteiger partial charge in [-0.05, 0) is 37.1 Å². The van der Waals surface area contributed by atoms with Crippen molar-refractivity contribution in [3.8, 4) is 11.5 Å². The van der Waals surface area contributed by atoms with Gasteiger partial charge in [-0.25, -0.2) is 8.78 Å². The minimum atomic E-state index is -0.719. The van der Waals surface area contributed by atoms with Gasteiger partial charge in [-0.1, -0.05) is 18.2 Å². The van der Waals surface area contributed by atoms with Gasteiger partial charge < -0.3 is 19.3 Å². The summed E-state index contributed by atoms with van der Waals surface area (Å²) in [5.74, 6) is -0.735. The smallest absolute Gasteiger partial charge is 0.260 e. The van der Waals surface area contributed by atoms with Crippen molar-refractivity contribution in [1.82, 2.24) is 9.80 Å². The minimum absolute atomic E-state index is 0.00914. The fourth-order valence-corrected chi connectivity index (χ4v) is 4.33. The Kier molecular flexibility index (Phi) is 7.42. The van der Waals surface area contributed by atoms with Crippen molar-refractivity contribution >= 4 is 11.8 Å². The molecule has 0 unspecified atom stereocenters. The lowest BCUT2D eigenvalue weighted by Gasteiger charge is -2.37. The predicted molar refractivity (Wildman–Crippen MR) is 118 cm³/mol. The normalized spacial score (nSPS) is 17.6. The molecule has 176 valence electrons. The molecule has 0 N–H and O–H groups in total. The number of carbonyl (C=O) groups excluding carboxylic acids is 2. The maximum absolute atomic E-state index is 13.8. The first-order valence-electron chi connectivity index (χ1n) is 11.4. The summed E-state index contributed by atoms with van der Waals surface area (Å²) in [4.78, 5) is 29.0. The molecule has 2 aliphatic rings. The molecule has 2 saturated heterocycles. The maximum atomic E-state index is 13.8. The molecule has 8 heteroatoms. The van der Waals surface area contributed by atoms with Gasteiger partial charge in [0.25, 0.3) is 5.91 Å². The molecule has 0 radical (unpaired) electrons. The van der Waals surface area contributed by atoms with E-state index in [1.165, 1.54) is 12.1 Å². The number of hydrogen-bond acceptors (Lipinski definition) is 4. The molecular formula is C25H28F2N2O4. The SMILES string of the molecule is O=C(COc1ccccc1)N1CCC(C(=O)N2CCC(Oc3ccc(F)cc3F)CC2)CC1. The van der Waals surface area contributed by atoms with E-state index in [-0.39, 0.29) is 36.2 Å². The first-order chi connectivity index (χ1) is 16.0. The van der Waals surface area contributed by atoms with Gasteiger partial charge in [0.1, 0.15) is 17.7 Å². The van der Waals surface area contributed by atoms with Crippen molar-refractivity contribution < 1.29 is 27.8 Å². The average Bonchev–Trinajstić information content (AvgIpc) is 2.85. The van der Waals surface area contributed by atoms with E-state index in [0.29, 0.717) is 57.6 Å². The van der Waals surface area contributed by atoms with E-state index < -0.39 is 11.6 Å². The van der Waals surface area contributed by atoms with Crippen molar-refractivity contribution in [2.75, 3.05) is 32.8 Å². The van der Waals surface area contributed by atoms with Crippen LogP contribution in [-0.2, 0) is 9.59 Å². The zero-order chi connectivity index (χ0) is 23.2. The molecule has 0 aliphatic carbocycles. The Hall–Kier alpha value is -3.16. The summed E-state index contributed by atoms with van der Waals surface area (Å²) in [5.41, 5.74) is 0. The maximum Gasteiger partial charge on any atom is 0.260 e. The Bertz CT molecular complexity index is 956. The van der Waals surface area contributed by atoms with Gasteiger partial charge in [-0.15, -0.1) is 0 Å². The summed E-state index contributed by atoms with van der Waals surface area (Å²) in [6, 6.07) is 12.5. The molecule has 2 amide bonds. The van der Waals surface area contributed by atoms with Crippen LogP contribution in [0.4, 0.5) is 8.78 Å². The van der Waals surface area contributed by atoms with Crippen molar-refractivity contribution in [2.24, 2.45) is 5.92 Å². The van der Waals surface area contributed by atoms with Gasteiger partial charge in [-0.2, -0.15) is 0 Å². The molecule has 0 bridgehead atoms. The molecule has 0 spiro atoms. The van der Waals surface area contributed by atoms with E-state index in [1.54, 1.807) is 4.90 Å². The first kappa shape index (κ1) is 23.0. The number of hydrogen-bond donors (Lipinski definition) is 0. The first-order valence-corrected chi connectivity index (χ1v) is 11.4. The Morgan fingerprint density at radius 2 is 1.55 bits per heavy atom. The Labute approximate surface area is 192 Å². The third kappa shape index (κ3) is 6.00. The van der Waals surface area contributed by atoms with Crippen molar-refractivity contribution in [3.05, 3.63) is 60.2 Å². The monoisotopic (exact) mass is 458 g/mol. The molecule has 2 fully saturated rings. The summed E-state index contributed by atoms with van der Waals surface area (Å²) < 4.78 is 38.1. The highest BCUT2D eigenvalue weighted by Gasteiger charge is 2.32. The number of para-hydroxylation sites is 1. The second-order valence-electron chi connectivity index (χ2n) is 8.47. The van der Waals surface area contributed by atoms with Gasteiger partial charge in [0.05, 0.1) is 0 Å². The lowest BCUT2D eigenvalue weighted by atomic mass is 9.94. The fourth-order valence-electron chi connectivity index (χ4n) is 4.33. The molecule has 2 heterocycles. The third-order valence-corrected chi connectivity index (χ3v) is 6.24. The summed E-state index contributed by atoms with van der Waals surface area (Å²) in [5, 5.41) is 0. The van der Waals surface area contributed by atoms with Gasteiger partial charge >= 0.3 is 0 Å². The Balaban J connectivity index is 1.19. The number of ether oxygens (including phenoxy) is 2. The highest BCUT2D eigenvalue weighted by molar-refractivity contribution is 5.80. The molecule has 2 aliphatic heterocycles. The van der Waals surface area contributed by atoms with E-state index in [2.05, 4.69) is 0 Å². The quantitative estimate of drug-likeness (QED) is 0.663. The summed E-state index contributed by atoms with van der Waals surface area (Å²) in [6.45, 7) is 2.14. The third-order valence-electron chi connectivity index (χ3n) is 6.24. The molecule has 2 aromatic carbocycles. The molecule has 6 nitrogen and oxygen atoms in total. The van der Waals surface area contributed by atoms with Crippen LogP contribution in [0, 0.1) is 17.6 Å². The highest BCUT2D eigenvalue weighted by atomic mass is 19.1. The molecule has 0 saturated carbocycles. The van der Waals surface area contributed by atoms with Crippen molar-refractivity contribution in [3.63, 3.8) is 0 Å². The largest absolute Gasteiger partial charge is 0.487 e. The number of piperidine rings is 2. The number of amides is 2. The number of rotatable bonds is 6. The van der Waals surface area contributed by atoms with Crippen LogP contribution in [-0.4, -0.2) is 60.5 Å². The average molecular weight is 459 g/mol. The predicted octanol–water partition coefficient (Wildman–Crippen LogP) is 3.65. The number of nitrogens with zero attached hydrogens (tertiary/aromatic N) is 2. The van der Waals surface area contributed by atoms with Crippen LogP contribution in [0.2, 0.25) is 0 Å². The van der Waals surface area contributed by atoms with Crippen molar-refractivity contribution in [1.29, 1.82) is 0 Å². The van der Waals surface area contributed by atoms with E-state index in [4.69, 9.17) is 9.47 Å². The van der Waals surface area contributed by atoms with Crippen LogP contribution < -0.4 is 9.47 Å². The second-order valence-corrected chi connectivity index (χ2v) is 8.47. The molecule has 33 heavy (non-hydrogen) atoms. The van der Waals surface area contributed by atoms with Gasteiger partial charge in [0.2, 0.25) is 5.91 Å². The summed E-state index contributed by atoms with van der Waals surface area (Å²) in [7, 11) is 0. The Morgan fingerprint density at radius 1 is 0.879 bits per heavy atom. The van der Waals surface area contributed by atoms with Crippen LogP contribution in [0.1, 0.15) is 25.7 Å². The standard InChI is InChI=1S/C25H28F2N2O4/c26-19-6-7-23(22(27)16-19)33-21-10-14-29(15-11-21)25(31)18-8-12-28(13-9-18)24(30)17-32-20-4-2-1-3-5-20/h1-7,16,18,21H,8-15,17H2. The Morgan fingerprint density at radius 3 is 2.21 bits per heavy atom. The van der Waals surface area contributed by atoms with Gasteiger partial charge in [-0.3, -0.25) is 9.59 Å². The van der Waals surface area contributed by atoms with E-state index >= 15 is 0 Å². The number of halogens is 2. The van der Waals surface area contributed by atoms with Crippen molar-refractivity contribution in [2.45, 2.75) is 31.8 Å². The topological polar surface area (TPSA) is 59.1 Å². The van der Waals surface area contributed by atoms with E-state index in [1.807, 2.05) is 35.2 Å². The summed E-state index contributed by atoms with van der Waals surface area (Å²) >= 11 is 0. The number of benzene rings is 2. The van der Waals surface area contributed by atoms with E-state index in [9.17, 15) is 18.4 Å². The molecule has 0 atom stereocenters. The second kappa shape index (κ2) is 10.6. The van der Waals surface area contributed by atoms with Crippen LogP contribution in [0.3, 0.4) is 0 Å². The molecular weight excluding hydrogens is 430 g/mol. The molecule has 4 rings (SSSR count). The van der Waals surface area contributed by atoms with Crippen LogP contribution >= 0.6 is 0 Å². The number of likely N-dealkylation sites (tertiary alicyclic amines) is 2. The number of carbonyl (C=O) groups is 2.